The van der Waals surface area contributed by atoms with Crippen molar-refractivity contribution in [3.63, 3.8) is 0 Å². The predicted molar refractivity (Wildman–Crippen MR) is 97.6 cm³/mol. The van der Waals surface area contributed by atoms with E-state index in [0.717, 1.165) is 30.7 Å². The summed E-state index contributed by atoms with van der Waals surface area (Å²) < 4.78 is 11.5. The molecule has 1 saturated heterocycles. The van der Waals surface area contributed by atoms with Gasteiger partial charge in [0.15, 0.2) is 0 Å². The largest absolute Gasteiger partial charge is 0.335 e. The van der Waals surface area contributed by atoms with Crippen LogP contribution in [0.3, 0.4) is 0 Å². The highest BCUT2D eigenvalue weighted by Gasteiger charge is 2.27. The molecule has 0 unspecified atom stereocenters. The Kier molecular flexibility index (Phi) is 5.46. The molecule has 1 aliphatic heterocycles. The summed E-state index contributed by atoms with van der Waals surface area (Å²) in [6, 6.07) is 17.8. The Hall–Kier alpha value is -1.94. The molecule has 24 heavy (non-hydrogen) atoms. The zero-order valence-electron chi connectivity index (χ0n) is 14.0. The molecule has 126 valence electrons. The molecule has 0 N–H and O–H groups in total. The van der Waals surface area contributed by atoms with Crippen LogP contribution in [0.4, 0.5) is 0 Å². The van der Waals surface area contributed by atoms with Gasteiger partial charge in [-0.15, -0.1) is 0 Å². The number of nitrogens with zero attached hydrogens (tertiary/aromatic N) is 1. The van der Waals surface area contributed by atoms with Crippen molar-refractivity contribution >= 4 is 16.7 Å². The number of piperidine rings is 1. The van der Waals surface area contributed by atoms with Gasteiger partial charge >= 0.3 is 0 Å². The van der Waals surface area contributed by atoms with E-state index < -0.39 is 10.8 Å². The van der Waals surface area contributed by atoms with Gasteiger partial charge in [0, 0.05) is 40.1 Å². The lowest BCUT2D eigenvalue weighted by Gasteiger charge is -2.36. The maximum Gasteiger partial charge on any atom is 0.254 e. The van der Waals surface area contributed by atoms with Crippen LogP contribution >= 0.6 is 0 Å². The van der Waals surface area contributed by atoms with E-state index in [1.807, 2.05) is 23.1 Å². The van der Waals surface area contributed by atoms with Gasteiger partial charge in [-0.25, -0.2) is 0 Å². The summed E-state index contributed by atoms with van der Waals surface area (Å²) in [5.41, 5.74) is 1.96. The number of carbonyl (C=O) groups is 1. The molecule has 0 radical (unpaired) electrons. The van der Waals surface area contributed by atoms with Crippen LogP contribution < -0.4 is 0 Å². The first kappa shape index (κ1) is 16.9. The zero-order valence-corrected chi connectivity index (χ0v) is 14.8. The molecule has 0 saturated carbocycles. The minimum Gasteiger partial charge on any atom is -0.335 e. The molecule has 1 aliphatic rings. The fraction of sp³-hybridized carbons (Fsp3) is 0.350. The van der Waals surface area contributed by atoms with Gasteiger partial charge in [-0.1, -0.05) is 30.3 Å². The molecule has 2 atom stereocenters. The fourth-order valence-corrected chi connectivity index (χ4v) is 3.84. The van der Waals surface area contributed by atoms with Gasteiger partial charge in [-0.2, -0.15) is 0 Å². The Morgan fingerprint density at radius 3 is 2.46 bits per heavy atom. The van der Waals surface area contributed by atoms with Crippen molar-refractivity contribution in [1.82, 2.24) is 4.90 Å². The van der Waals surface area contributed by atoms with Crippen molar-refractivity contribution < 1.29 is 9.00 Å². The smallest absolute Gasteiger partial charge is 0.254 e. The third-order valence-electron chi connectivity index (χ3n) is 4.64. The van der Waals surface area contributed by atoms with Gasteiger partial charge in [0.05, 0.1) is 0 Å². The van der Waals surface area contributed by atoms with Crippen molar-refractivity contribution in [3.05, 3.63) is 65.7 Å². The van der Waals surface area contributed by atoms with Gasteiger partial charge < -0.3 is 4.90 Å². The highest BCUT2D eigenvalue weighted by atomic mass is 32.2. The van der Waals surface area contributed by atoms with E-state index in [1.165, 1.54) is 12.0 Å². The molecule has 1 heterocycles. The topological polar surface area (TPSA) is 37.4 Å². The molecule has 0 aliphatic carbocycles. The average Bonchev–Trinajstić information content (AvgIpc) is 2.62. The first-order valence-electron chi connectivity index (χ1n) is 8.43. The summed E-state index contributed by atoms with van der Waals surface area (Å²) in [4.78, 5) is 15.7. The maximum atomic E-state index is 12.9. The summed E-state index contributed by atoms with van der Waals surface area (Å²) in [5.74, 6) is 0.0871. The van der Waals surface area contributed by atoms with Crippen LogP contribution in [-0.2, 0) is 17.2 Å². The number of carbonyl (C=O) groups excluding carboxylic acids is 1. The molecule has 0 bridgehead atoms. The minimum absolute atomic E-state index is 0.0871. The number of amides is 1. The number of benzene rings is 2. The second kappa shape index (κ2) is 7.75. The average molecular weight is 341 g/mol. The standard InChI is InChI=1S/C20H23NO2S/c1-24(23)19-12-10-17(11-13-19)20(22)21-14-6-5-9-18(21)15-16-7-3-2-4-8-16/h2-4,7-8,10-13,18H,5-6,9,14-15H2,1H3/t18-,24-/m0/s1. The summed E-state index contributed by atoms with van der Waals surface area (Å²) in [7, 11) is -1.01. The van der Waals surface area contributed by atoms with E-state index in [2.05, 4.69) is 12.1 Å². The molecule has 0 aromatic heterocycles. The Balaban J connectivity index is 1.76. The van der Waals surface area contributed by atoms with Crippen LogP contribution in [0, 0.1) is 0 Å². The first-order chi connectivity index (χ1) is 11.6. The van der Waals surface area contributed by atoms with Crippen LogP contribution in [0.2, 0.25) is 0 Å². The Bertz CT molecular complexity index is 712. The first-order valence-corrected chi connectivity index (χ1v) is 9.99. The van der Waals surface area contributed by atoms with Crippen LogP contribution in [0.15, 0.2) is 59.5 Å². The Morgan fingerprint density at radius 2 is 1.79 bits per heavy atom. The van der Waals surface area contributed by atoms with E-state index in [-0.39, 0.29) is 11.9 Å². The minimum atomic E-state index is -1.01. The van der Waals surface area contributed by atoms with Crippen LogP contribution in [0.5, 0.6) is 0 Å². The van der Waals surface area contributed by atoms with E-state index in [1.54, 1.807) is 30.5 Å². The summed E-state index contributed by atoms with van der Waals surface area (Å²) in [6.45, 7) is 0.817. The molecule has 3 rings (SSSR count). The molecule has 2 aromatic rings. The number of rotatable bonds is 4. The SMILES string of the molecule is C[S@](=O)c1ccc(C(=O)N2CCCC[C@H]2Cc2ccccc2)cc1. The van der Waals surface area contributed by atoms with E-state index >= 15 is 0 Å². The lowest BCUT2D eigenvalue weighted by atomic mass is 9.95. The van der Waals surface area contributed by atoms with Crippen molar-refractivity contribution in [2.75, 3.05) is 12.8 Å². The lowest BCUT2D eigenvalue weighted by molar-refractivity contribution is 0.0613. The molecule has 1 fully saturated rings. The van der Waals surface area contributed by atoms with Gasteiger partial charge in [-0.05, 0) is 55.5 Å². The van der Waals surface area contributed by atoms with Crippen molar-refractivity contribution in [1.29, 1.82) is 0 Å². The van der Waals surface area contributed by atoms with E-state index in [4.69, 9.17) is 0 Å². The number of likely N-dealkylation sites (tertiary alicyclic amines) is 1. The number of hydrogen-bond donors (Lipinski definition) is 0. The summed E-state index contributed by atoms with van der Waals surface area (Å²) in [5, 5.41) is 0. The molecule has 2 aromatic carbocycles. The van der Waals surface area contributed by atoms with Crippen molar-refractivity contribution in [2.45, 2.75) is 36.6 Å². The molecule has 1 amide bonds. The highest BCUT2D eigenvalue weighted by Crippen LogP contribution is 2.23. The van der Waals surface area contributed by atoms with Gasteiger partial charge in [-0.3, -0.25) is 9.00 Å². The predicted octanol–water partition coefficient (Wildman–Crippen LogP) is 3.66. The summed E-state index contributed by atoms with van der Waals surface area (Å²) in [6.07, 6.45) is 5.85. The maximum absolute atomic E-state index is 12.9. The fourth-order valence-electron chi connectivity index (χ4n) is 3.32. The normalized spacial score (nSPS) is 19.0. The van der Waals surface area contributed by atoms with Crippen molar-refractivity contribution in [2.24, 2.45) is 0 Å². The molecular weight excluding hydrogens is 318 g/mol. The van der Waals surface area contributed by atoms with Crippen LogP contribution in [-0.4, -0.2) is 33.9 Å². The summed E-state index contributed by atoms with van der Waals surface area (Å²) >= 11 is 0. The lowest BCUT2D eigenvalue weighted by Crippen LogP contribution is -2.44. The monoisotopic (exact) mass is 341 g/mol. The Labute approximate surface area is 146 Å². The molecule has 3 nitrogen and oxygen atoms in total. The highest BCUT2D eigenvalue weighted by molar-refractivity contribution is 7.84. The zero-order chi connectivity index (χ0) is 16.9. The molecule has 4 heteroatoms. The number of hydrogen-bond acceptors (Lipinski definition) is 2. The third kappa shape index (κ3) is 3.93. The quantitative estimate of drug-likeness (QED) is 0.851. The third-order valence-corrected chi connectivity index (χ3v) is 5.57. The van der Waals surface area contributed by atoms with Crippen LogP contribution in [0.1, 0.15) is 35.2 Å². The van der Waals surface area contributed by atoms with Gasteiger partial charge in [0.2, 0.25) is 0 Å². The second-order valence-corrected chi connectivity index (χ2v) is 7.70. The van der Waals surface area contributed by atoms with Crippen molar-refractivity contribution in [3.8, 4) is 0 Å². The molecule has 0 spiro atoms. The van der Waals surface area contributed by atoms with E-state index in [9.17, 15) is 9.00 Å². The van der Waals surface area contributed by atoms with Gasteiger partial charge in [0.25, 0.3) is 5.91 Å². The molecular formula is C20H23NO2S. The van der Waals surface area contributed by atoms with Gasteiger partial charge in [0.1, 0.15) is 0 Å². The Morgan fingerprint density at radius 1 is 1.08 bits per heavy atom. The van der Waals surface area contributed by atoms with E-state index in [0.29, 0.717) is 5.56 Å². The second-order valence-electron chi connectivity index (χ2n) is 6.32. The van der Waals surface area contributed by atoms with Crippen LogP contribution in [0.25, 0.3) is 0 Å².